The van der Waals surface area contributed by atoms with Crippen LogP contribution in [0.1, 0.15) is 85.5 Å². The molecule has 0 unspecified atom stereocenters. The predicted octanol–water partition coefficient (Wildman–Crippen LogP) is 4.55. The van der Waals surface area contributed by atoms with E-state index in [2.05, 4.69) is 33.0 Å². The summed E-state index contributed by atoms with van der Waals surface area (Å²) in [7, 11) is 0. The van der Waals surface area contributed by atoms with Crippen LogP contribution in [0.5, 0.6) is 0 Å². The van der Waals surface area contributed by atoms with Crippen molar-refractivity contribution in [2.24, 2.45) is 52.3 Å². The molecule has 0 aromatic rings. The van der Waals surface area contributed by atoms with Crippen molar-refractivity contribution in [1.29, 1.82) is 0 Å². The predicted molar refractivity (Wildman–Crippen MR) is 120 cm³/mol. The Balaban J connectivity index is 1.30. The van der Waals surface area contributed by atoms with Gasteiger partial charge in [-0.25, -0.2) is 0 Å². The highest BCUT2D eigenvalue weighted by atomic mass is 16.5. The molecule has 2 saturated heterocycles. The van der Waals surface area contributed by atoms with E-state index in [0.29, 0.717) is 47.2 Å². The molecule has 1 spiro atoms. The molecule has 6 rings (SSSR count). The molecule has 0 bridgehead atoms. The first-order chi connectivity index (χ1) is 14.7. The molecule has 2 N–H and O–H groups in total. The first-order valence-electron chi connectivity index (χ1n) is 13.3. The lowest BCUT2D eigenvalue weighted by molar-refractivity contribution is -0.163. The van der Waals surface area contributed by atoms with Crippen molar-refractivity contribution in [3.63, 3.8) is 0 Å². The third-order valence-corrected chi connectivity index (χ3v) is 12.0. The topological polar surface area (TPSA) is 58.6 Å². The first kappa shape index (κ1) is 21.1. The fourth-order valence-corrected chi connectivity index (χ4v) is 10.1. The number of hydrogen-bond acceptors (Lipinski definition) is 4. The van der Waals surface area contributed by atoms with Crippen LogP contribution in [-0.4, -0.2) is 35.4 Å². The Morgan fingerprint density at radius 1 is 1.03 bits per heavy atom. The van der Waals surface area contributed by atoms with Gasteiger partial charge in [0.1, 0.15) is 11.5 Å². The number of piperidine rings is 1. The Labute approximate surface area is 188 Å². The number of carbonyl (C=O) groups is 1. The Hall–Kier alpha value is -0.450. The van der Waals surface area contributed by atoms with Crippen LogP contribution >= 0.6 is 0 Å². The third kappa shape index (κ3) is 2.68. The van der Waals surface area contributed by atoms with Gasteiger partial charge in [0.05, 0.1) is 12.2 Å². The summed E-state index contributed by atoms with van der Waals surface area (Å²) < 4.78 is 6.91. The van der Waals surface area contributed by atoms with Crippen molar-refractivity contribution in [3.05, 3.63) is 0 Å². The second-order valence-electron chi connectivity index (χ2n) is 13.1. The van der Waals surface area contributed by atoms with E-state index in [-0.39, 0.29) is 28.8 Å². The van der Waals surface area contributed by atoms with Gasteiger partial charge < -0.3 is 9.84 Å². The van der Waals surface area contributed by atoms with E-state index in [4.69, 9.17) is 4.74 Å². The van der Waals surface area contributed by atoms with Gasteiger partial charge in [0.2, 0.25) is 0 Å². The molecular weight excluding hydrogens is 386 g/mol. The molecule has 12 atom stereocenters. The monoisotopic (exact) mass is 429 g/mol. The van der Waals surface area contributed by atoms with Gasteiger partial charge in [-0.2, -0.15) is 0 Å². The van der Waals surface area contributed by atoms with Crippen LogP contribution in [-0.2, 0) is 9.53 Å². The van der Waals surface area contributed by atoms with E-state index >= 15 is 0 Å². The number of ether oxygens (including phenoxy) is 1. The second kappa shape index (κ2) is 6.79. The highest BCUT2D eigenvalue weighted by molar-refractivity contribution is 5.87. The number of Topliss-reactive ketones (excluding diaryl/α,β-unsaturated/α-hetero) is 1. The summed E-state index contributed by atoms with van der Waals surface area (Å²) in [6.07, 6.45) is 9.75. The summed E-state index contributed by atoms with van der Waals surface area (Å²) in [6, 6.07) is 0. The summed E-state index contributed by atoms with van der Waals surface area (Å²) in [4.78, 5) is 14.0. The Morgan fingerprint density at radius 2 is 1.84 bits per heavy atom. The number of nitrogens with one attached hydrogen (secondary N) is 1. The van der Waals surface area contributed by atoms with Crippen molar-refractivity contribution < 1.29 is 14.6 Å². The van der Waals surface area contributed by atoms with Gasteiger partial charge in [-0.1, -0.05) is 27.7 Å². The number of hydrogen-bond donors (Lipinski definition) is 2. The van der Waals surface area contributed by atoms with Gasteiger partial charge in [0, 0.05) is 30.2 Å². The zero-order valence-electron chi connectivity index (χ0n) is 20.0. The van der Waals surface area contributed by atoms with E-state index in [1.807, 2.05) is 0 Å². The first-order valence-corrected chi connectivity index (χ1v) is 13.3. The Morgan fingerprint density at radius 3 is 2.58 bits per heavy atom. The van der Waals surface area contributed by atoms with Crippen LogP contribution in [0.3, 0.4) is 0 Å². The van der Waals surface area contributed by atoms with Gasteiger partial charge in [-0.3, -0.25) is 10.1 Å². The minimum absolute atomic E-state index is 0.124. The van der Waals surface area contributed by atoms with Gasteiger partial charge in [0.25, 0.3) is 0 Å². The highest BCUT2D eigenvalue weighted by Gasteiger charge is 2.71. The number of ketones is 1. The standard InChI is InChI=1S/C27H43NO3/c1-15-7-10-27(28-14-15)16(2)24-22(31-27)12-21-19-6-5-17-11-18(29)8-9-25(17,3)20(19)13-23(30)26(21,24)4/h15-22,24,28-29H,5-14H2,1-4H3/t15-,16-,17+,18+,19-,20+,21+,22+,24+,25+,26-,27+/m1/s1. The molecule has 2 aliphatic heterocycles. The van der Waals surface area contributed by atoms with Crippen LogP contribution in [0.4, 0.5) is 0 Å². The van der Waals surface area contributed by atoms with Crippen LogP contribution in [0.25, 0.3) is 0 Å². The number of aliphatic hydroxyl groups excluding tert-OH is 1. The van der Waals surface area contributed by atoms with E-state index in [0.717, 1.165) is 45.1 Å². The lowest BCUT2D eigenvalue weighted by Crippen LogP contribution is -2.59. The van der Waals surface area contributed by atoms with Crippen molar-refractivity contribution in [2.75, 3.05) is 6.54 Å². The molecular formula is C27H43NO3. The minimum Gasteiger partial charge on any atom is -0.393 e. The molecule has 174 valence electrons. The molecule has 0 radical (unpaired) electrons. The fraction of sp³-hybridized carbons (Fsp3) is 0.963. The molecule has 0 aromatic carbocycles. The third-order valence-electron chi connectivity index (χ3n) is 12.0. The number of fused-ring (bicyclic) bond motifs is 7. The summed E-state index contributed by atoms with van der Waals surface area (Å²) in [5.74, 6) is 4.28. The van der Waals surface area contributed by atoms with Crippen LogP contribution < -0.4 is 5.32 Å². The van der Waals surface area contributed by atoms with Crippen LogP contribution in [0, 0.1) is 52.3 Å². The highest BCUT2D eigenvalue weighted by Crippen LogP contribution is 2.70. The van der Waals surface area contributed by atoms with Crippen molar-refractivity contribution in [1.82, 2.24) is 5.32 Å². The van der Waals surface area contributed by atoms with Crippen molar-refractivity contribution >= 4 is 5.78 Å². The molecule has 31 heavy (non-hydrogen) atoms. The Bertz CT molecular complexity index is 760. The normalized spacial score (nSPS) is 60.9. The van der Waals surface area contributed by atoms with Crippen LogP contribution in [0.2, 0.25) is 0 Å². The molecule has 4 saturated carbocycles. The molecule has 4 heteroatoms. The van der Waals surface area contributed by atoms with Gasteiger partial charge in [0.15, 0.2) is 0 Å². The van der Waals surface area contributed by atoms with E-state index in [1.165, 1.54) is 19.3 Å². The van der Waals surface area contributed by atoms with E-state index < -0.39 is 0 Å². The number of aliphatic hydroxyl groups is 1. The number of carbonyl (C=O) groups excluding carboxylic acids is 1. The number of rotatable bonds is 0. The molecule has 6 aliphatic rings. The smallest absolute Gasteiger partial charge is 0.139 e. The van der Waals surface area contributed by atoms with Gasteiger partial charge in [-0.15, -0.1) is 0 Å². The van der Waals surface area contributed by atoms with Gasteiger partial charge >= 0.3 is 0 Å². The molecule has 4 nitrogen and oxygen atoms in total. The molecule has 2 heterocycles. The quantitative estimate of drug-likeness (QED) is 0.593. The van der Waals surface area contributed by atoms with Crippen LogP contribution in [0.15, 0.2) is 0 Å². The molecule has 0 aromatic heterocycles. The summed E-state index contributed by atoms with van der Waals surface area (Å²) in [5.41, 5.74) is -0.168. The fourth-order valence-electron chi connectivity index (χ4n) is 10.1. The van der Waals surface area contributed by atoms with Crippen molar-refractivity contribution in [2.45, 2.75) is 103 Å². The zero-order chi connectivity index (χ0) is 21.8. The van der Waals surface area contributed by atoms with E-state index in [9.17, 15) is 9.90 Å². The SMILES string of the molecule is C[C@@H]1CC[C@]2(NC1)O[C@H]1C[C@H]3[C@@H]4CC[C@H]5C[C@@H](O)CC[C@]5(C)[C@H]4CC(=O)[C@]3(C)[C@H]1[C@H]2C. The summed E-state index contributed by atoms with van der Waals surface area (Å²) in [6.45, 7) is 10.5. The molecule has 6 fully saturated rings. The lowest BCUT2D eigenvalue weighted by atomic mass is 9.44. The largest absolute Gasteiger partial charge is 0.393 e. The summed E-state index contributed by atoms with van der Waals surface area (Å²) in [5, 5.41) is 14.1. The Kier molecular flexibility index (Phi) is 4.62. The lowest BCUT2D eigenvalue weighted by Gasteiger charge is -2.60. The minimum atomic E-state index is -0.211. The maximum atomic E-state index is 14.0. The summed E-state index contributed by atoms with van der Waals surface area (Å²) >= 11 is 0. The molecule has 0 amide bonds. The van der Waals surface area contributed by atoms with Gasteiger partial charge in [-0.05, 0) is 86.4 Å². The van der Waals surface area contributed by atoms with Crippen molar-refractivity contribution in [3.8, 4) is 0 Å². The maximum absolute atomic E-state index is 14.0. The van der Waals surface area contributed by atoms with E-state index in [1.54, 1.807) is 0 Å². The average molecular weight is 430 g/mol. The zero-order valence-corrected chi connectivity index (χ0v) is 20.0. The second-order valence-corrected chi connectivity index (χ2v) is 13.1. The average Bonchev–Trinajstić information content (AvgIpc) is 3.18. The maximum Gasteiger partial charge on any atom is 0.139 e. The molecule has 4 aliphatic carbocycles.